The van der Waals surface area contributed by atoms with E-state index in [1.165, 1.54) is 9.60 Å². The average Bonchev–Trinajstić information content (AvgIpc) is 2.81. The Labute approximate surface area is 116 Å². The van der Waals surface area contributed by atoms with Crippen molar-refractivity contribution in [3.63, 3.8) is 0 Å². The van der Waals surface area contributed by atoms with Gasteiger partial charge in [-0.05, 0) is 25.0 Å². The van der Waals surface area contributed by atoms with Gasteiger partial charge in [-0.1, -0.05) is 12.1 Å². The molecule has 4 nitrogen and oxygen atoms in total. The number of amides is 1. The number of aromatic nitrogens is 1. The van der Waals surface area contributed by atoms with E-state index in [0.717, 1.165) is 43.0 Å². The summed E-state index contributed by atoms with van der Waals surface area (Å²) in [4.78, 5) is 17.4. The summed E-state index contributed by atoms with van der Waals surface area (Å²) in [6, 6.07) is 8.21. The van der Waals surface area contributed by atoms with E-state index < -0.39 is 0 Å². The molecule has 1 aromatic heterocycles. The third-order valence-electron chi connectivity index (χ3n) is 3.76. The molecule has 0 radical (unpaired) electrons. The number of piperidine rings is 1. The first-order chi connectivity index (χ1) is 9.22. The van der Waals surface area contributed by atoms with E-state index in [-0.39, 0.29) is 11.8 Å². The molecule has 0 bridgehead atoms. The highest BCUT2D eigenvalue weighted by atomic mass is 32.1. The molecule has 1 aliphatic rings. The van der Waals surface area contributed by atoms with Crippen LogP contribution in [0.3, 0.4) is 0 Å². The van der Waals surface area contributed by atoms with Gasteiger partial charge in [-0.2, -0.15) is 0 Å². The summed E-state index contributed by atoms with van der Waals surface area (Å²) in [5.41, 5.74) is 6.49. The number of carbonyl (C=O) groups is 1. The van der Waals surface area contributed by atoms with Crippen LogP contribution in [0.2, 0.25) is 0 Å². The summed E-state index contributed by atoms with van der Waals surface area (Å²) in [6.45, 7) is 2.87. The molecule has 3 N–H and O–H groups in total. The van der Waals surface area contributed by atoms with Crippen molar-refractivity contribution < 1.29 is 9.69 Å². The lowest BCUT2D eigenvalue weighted by Gasteiger charge is -2.27. The lowest BCUT2D eigenvalue weighted by molar-refractivity contribution is -0.921. The van der Waals surface area contributed by atoms with Crippen LogP contribution in [0.4, 0.5) is 0 Å². The average molecular weight is 276 g/mol. The standard InChI is InChI=1S/C14H17N3OS/c15-14(18)10-4-3-7-17(8-10)9-13-16-11-5-1-2-6-12(11)19-13/h1-2,5-6,10H,3-4,7-9H2,(H2,15,18)/p+1/t10-/m0/s1. The number of rotatable bonds is 3. The number of hydrogen-bond donors (Lipinski definition) is 2. The van der Waals surface area contributed by atoms with Crippen molar-refractivity contribution >= 4 is 27.5 Å². The zero-order valence-corrected chi connectivity index (χ0v) is 11.6. The predicted octanol–water partition coefficient (Wildman–Crippen LogP) is 0.577. The minimum Gasteiger partial charge on any atom is -0.369 e. The molecular formula is C14H18N3OS+. The molecule has 1 aliphatic heterocycles. The fraction of sp³-hybridized carbons (Fsp3) is 0.429. The summed E-state index contributed by atoms with van der Waals surface area (Å²) in [6.07, 6.45) is 2.02. The van der Waals surface area contributed by atoms with Crippen LogP contribution in [0.15, 0.2) is 24.3 Å². The lowest BCUT2D eigenvalue weighted by Crippen LogP contribution is -3.12. The first-order valence-electron chi connectivity index (χ1n) is 6.69. The number of thiazole rings is 1. The molecule has 2 aromatic rings. The van der Waals surface area contributed by atoms with Gasteiger partial charge < -0.3 is 10.6 Å². The Balaban J connectivity index is 1.72. The van der Waals surface area contributed by atoms with Gasteiger partial charge in [-0.3, -0.25) is 4.79 Å². The molecular weight excluding hydrogens is 258 g/mol. The molecule has 3 rings (SSSR count). The number of para-hydroxylation sites is 1. The van der Waals surface area contributed by atoms with Crippen molar-refractivity contribution in [2.24, 2.45) is 11.7 Å². The fourth-order valence-electron chi connectivity index (χ4n) is 2.76. The molecule has 0 aliphatic carbocycles. The Morgan fingerprint density at radius 3 is 3.11 bits per heavy atom. The number of benzene rings is 1. The Kier molecular flexibility index (Phi) is 3.48. The number of nitrogens with two attached hydrogens (primary N) is 1. The Morgan fingerprint density at radius 1 is 1.47 bits per heavy atom. The van der Waals surface area contributed by atoms with E-state index in [4.69, 9.17) is 5.73 Å². The van der Waals surface area contributed by atoms with Crippen LogP contribution in [0.5, 0.6) is 0 Å². The van der Waals surface area contributed by atoms with Crippen LogP contribution in [0.25, 0.3) is 10.2 Å². The third-order valence-corrected chi connectivity index (χ3v) is 4.80. The van der Waals surface area contributed by atoms with Crippen molar-refractivity contribution in [3.05, 3.63) is 29.3 Å². The van der Waals surface area contributed by atoms with Crippen LogP contribution in [-0.2, 0) is 11.3 Å². The maximum atomic E-state index is 11.3. The summed E-state index contributed by atoms with van der Waals surface area (Å²) in [7, 11) is 0. The van der Waals surface area contributed by atoms with Gasteiger partial charge in [0.1, 0.15) is 11.6 Å². The van der Waals surface area contributed by atoms with Crippen molar-refractivity contribution in [1.82, 2.24) is 4.98 Å². The fourth-order valence-corrected chi connectivity index (χ4v) is 3.80. The van der Waals surface area contributed by atoms with Gasteiger partial charge >= 0.3 is 0 Å². The van der Waals surface area contributed by atoms with Crippen molar-refractivity contribution in [2.75, 3.05) is 13.1 Å². The molecule has 100 valence electrons. The molecule has 5 heteroatoms. The van der Waals surface area contributed by atoms with Gasteiger partial charge in [0.2, 0.25) is 5.91 Å². The highest BCUT2D eigenvalue weighted by Gasteiger charge is 2.27. The van der Waals surface area contributed by atoms with Crippen LogP contribution >= 0.6 is 11.3 Å². The topological polar surface area (TPSA) is 60.4 Å². The van der Waals surface area contributed by atoms with Crippen LogP contribution < -0.4 is 10.6 Å². The number of hydrogen-bond acceptors (Lipinski definition) is 3. The number of fused-ring (bicyclic) bond motifs is 1. The predicted molar refractivity (Wildman–Crippen MR) is 75.9 cm³/mol. The Bertz CT molecular complexity index is 562. The second-order valence-corrected chi connectivity index (χ2v) is 6.31. The third kappa shape index (κ3) is 2.77. The van der Waals surface area contributed by atoms with Gasteiger partial charge in [-0.25, -0.2) is 4.98 Å². The molecule has 2 heterocycles. The second-order valence-electron chi connectivity index (χ2n) is 5.20. The zero-order valence-electron chi connectivity index (χ0n) is 10.8. The second kappa shape index (κ2) is 5.27. The van der Waals surface area contributed by atoms with Gasteiger partial charge in [0.15, 0.2) is 0 Å². The van der Waals surface area contributed by atoms with Crippen LogP contribution in [0.1, 0.15) is 17.8 Å². The molecule has 1 amide bonds. The van der Waals surface area contributed by atoms with Gasteiger partial charge in [0.05, 0.1) is 29.2 Å². The number of likely N-dealkylation sites (tertiary alicyclic amines) is 1. The largest absolute Gasteiger partial charge is 0.369 e. The van der Waals surface area contributed by atoms with E-state index in [1.54, 1.807) is 11.3 Å². The summed E-state index contributed by atoms with van der Waals surface area (Å²) in [5, 5.41) is 1.15. The molecule has 1 saturated heterocycles. The number of nitrogens with one attached hydrogen (secondary N) is 1. The Hall–Kier alpha value is -1.46. The van der Waals surface area contributed by atoms with E-state index in [9.17, 15) is 4.79 Å². The van der Waals surface area contributed by atoms with Crippen molar-refractivity contribution in [2.45, 2.75) is 19.4 Å². The molecule has 19 heavy (non-hydrogen) atoms. The highest BCUT2D eigenvalue weighted by Crippen LogP contribution is 2.21. The van der Waals surface area contributed by atoms with E-state index >= 15 is 0 Å². The minimum absolute atomic E-state index is 0.0399. The van der Waals surface area contributed by atoms with Gasteiger partial charge in [-0.15, -0.1) is 11.3 Å². The molecule has 0 spiro atoms. The monoisotopic (exact) mass is 276 g/mol. The van der Waals surface area contributed by atoms with Crippen molar-refractivity contribution in [1.29, 1.82) is 0 Å². The SMILES string of the molecule is NC(=O)[C@H]1CCC[NH+](Cc2nc3ccccc3s2)C1. The molecule has 2 atom stereocenters. The first-order valence-corrected chi connectivity index (χ1v) is 7.51. The lowest BCUT2D eigenvalue weighted by atomic mass is 9.98. The van der Waals surface area contributed by atoms with Crippen LogP contribution in [0, 0.1) is 5.92 Å². The summed E-state index contributed by atoms with van der Waals surface area (Å²) < 4.78 is 1.24. The van der Waals surface area contributed by atoms with Crippen molar-refractivity contribution in [3.8, 4) is 0 Å². The number of quaternary nitrogens is 1. The van der Waals surface area contributed by atoms with Gasteiger partial charge in [0.25, 0.3) is 0 Å². The van der Waals surface area contributed by atoms with E-state index in [1.807, 2.05) is 18.2 Å². The zero-order chi connectivity index (χ0) is 13.2. The summed E-state index contributed by atoms with van der Waals surface area (Å²) >= 11 is 1.75. The number of nitrogens with zero attached hydrogens (tertiary/aromatic N) is 1. The maximum absolute atomic E-state index is 11.3. The quantitative estimate of drug-likeness (QED) is 0.861. The highest BCUT2D eigenvalue weighted by molar-refractivity contribution is 7.18. The number of primary amides is 1. The normalized spacial score (nSPS) is 23.6. The van der Waals surface area contributed by atoms with E-state index in [0.29, 0.717) is 0 Å². The molecule has 0 saturated carbocycles. The maximum Gasteiger partial charge on any atom is 0.226 e. The molecule has 1 unspecified atom stereocenters. The molecule has 1 fully saturated rings. The molecule has 1 aromatic carbocycles. The minimum atomic E-state index is -0.151. The van der Waals surface area contributed by atoms with E-state index in [2.05, 4.69) is 11.1 Å². The summed E-state index contributed by atoms with van der Waals surface area (Å²) in [5.74, 6) is -0.111. The first kappa shape index (κ1) is 12.6. The van der Waals surface area contributed by atoms with Gasteiger partial charge in [0, 0.05) is 0 Å². The Morgan fingerprint density at radius 2 is 2.32 bits per heavy atom. The van der Waals surface area contributed by atoms with Crippen LogP contribution in [-0.4, -0.2) is 24.0 Å². The number of carbonyl (C=O) groups excluding carboxylic acids is 1. The smallest absolute Gasteiger partial charge is 0.226 e.